The van der Waals surface area contributed by atoms with Gasteiger partial charge >= 0.3 is 12.1 Å². The number of carbonyl (C=O) groups excluding carboxylic acids is 1. The van der Waals surface area contributed by atoms with Crippen molar-refractivity contribution in [3.05, 3.63) is 77.2 Å². The van der Waals surface area contributed by atoms with E-state index in [1.54, 1.807) is 6.07 Å². The van der Waals surface area contributed by atoms with Crippen LogP contribution >= 0.6 is 0 Å². The Hall–Kier alpha value is -3.75. The number of hydrogen-bond donors (Lipinski definition) is 1. The number of esters is 1. The quantitative estimate of drug-likeness (QED) is 0.382. The number of rotatable bonds is 2. The fourth-order valence-corrected chi connectivity index (χ4v) is 5.15. The maximum absolute atomic E-state index is 13.4. The second-order valence-corrected chi connectivity index (χ2v) is 8.80. The summed E-state index contributed by atoms with van der Waals surface area (Å²) in [5, 5.41) is 0. The Morgan fingerprint density at radius 1 is 0.971 bits per heavy atom. The molecule has 6 rings (SSSR count). The Labute approximate surface area is 192 Å². The highest BCUT2D eigenvalue weighted by Gasteiger charge is 2.47. The lowest BCUT2D eigenvalue weighted by Crippen LogP contribution is -2.31. The first-order chi connectivity index (χ1) is 16.3. The van der Waals surface area contributed by atoms with Gasteiger partial charge in [0.2, 0.25) is 0 Å². The number of nitrogens with one attached hydrogen (secondary N) is 1. The van der Waals surface area contributed by atoms with Gasteiger partial charge in [-0.25, -0.2) is 19.7 Å². The third-order valence-electron chi connectivity index (χ3n) is 6.84. The van der Waals surface area contributed by atoms with E-state index in [-0.39, 0.29) is 23.3 Å². The number of alkyl halides is 3. The van der Waals surface area contributed by atoms with Crippen LogP contribution in [0.3, 0.4) is 0 Å². The largest absolute Gasteiger partial charge is 0.451 e. The molecule has 6 nitrogen and oxygen atoms in total. The summed E-state index contributed by atoms with van der Waals surface area (Å²) in [6.45, 7) is 0. The number of nitrogens with zero attached hydrogens (tertiary/aromatic N) is 3. The molecule has 0 atom stereocenters. The van der Waals surface area contributed by atoms with Crippen LogP contribution < -0.4 is 0 Å². The van der Waals surface area contributed by atoms with E-state index in [0.717, 1.165) is 30.3 Å². The number of benzene rings is 2. The zero-order valence-corrected chi connectivity index (χ0v) is 17.9. The summed E-state index contributed by atoms with van der Waals surface area (Å²) in [5.41, 5.74) is 1.02. The smallest absolute Gasteiger partial charge is 0.417 e. The first-order valence-electron chi connectivity index (χ1n) is 11.1. The van der Waals surface area contributed by atoms with Gasteiger partial charge in [-0.1, -0.05) is 36.4 Å². The molecule has 2 aromatic heterocycles. The minimum absolute atomic E-state index is 0.0180. The lowest BCUT2D eigenvalue weighted by Gasteiger charge is -2.35. The molecule has 1 fully saturated rings. The van der Waals surface area contributed by atoms with Crippen molar-refractivity contribution in [1.82, 2.24) is 19.9 Å². The number of aromatic amines is 1. The minimum Gasteiger partial charge on any atom is -0.451 e. The van der Waals surface area contributed by atoms with Crippen molar-refractivity contribution >= 4 is 17.1 Å². The Balaban J connectivity index is 1.27. The maximum atomic E-state index is 13.4. The molecule has 1 N–H and O–H groups in total. The topological polar surface area (TPSA) is 80.8 Å². The highest BCUT2D eigenvalue weighted by molar-refractivity contribution is 5.94. The number of carbonyl (C=O) groups is 1. The SMILES string of the molecule is O=C1O[C@]2(CC[C@H](c3nc4nc(-c5ccccc5C(F)(F)F)ncc4[nH]3)CC2)c2ccccc21. The van der Waals surface area contributed by atoms with Crippen LogP contribution in [0.15, 0.2) is 54.7 Å². The van der Waals surface area contributed by atoms with Crippen LogP contribution in [0.1, 0.15) is 58.9 Å². The van der Waals surface area contributed by atoms with Crippen molar-refractivity contribution in [3.8, 4) is 11.4 Å². The predicted molar refractivity (Wildman–Crippen MR) is 117 cm³/mol. The molecule has 1 saturated carbocycles. The molecule has 0 amide bonds. The standard InChI is InChI=1S/C25H19F3N4O2/c26-25(27,28)18-8-4-1-5-15(18)21-29-13-19-22(32-21)31-20(30-19)14-9-11-24(12-10-14)17-7-3-2-6-16(17)23(33)34-24/h1-8,13-14H,9-12H2,(H,29,30,31,32)/t14-,24-. The molecule has 0 unspecified atom stereocenters. The van der Waals surface area contributed by atoms with Crippen LogP contribution in [0.25, 0.3) is 22.6 Å². The average molecular weight is 464 g/mol. The van der Waals surface area contributed by atoms with E-state index in [1.807, 2.05) is 18.2 Å². The first-order valence-corrected chi connectivity index (χ1v) is 11.1. The lowest BCUT2D eigenvalue weighted by atomic mass is 9.75. The molecule has 4 aromatic rings. The van der Waals surface area contributed by atoms with Crippen LogP contribution in [0, 0.1) is 0 Å². The Morgan fingerprint density at radius 3 is 2.44 bits per heavy atom. The molecular formula is C25H19F3N4O2. The Morgan fingerprint density at radius 2 is 1.68 bits per heavy atom. The summed E-state index contributed by atoms with van der Waals surface area (Å²) in [7, 11) is 0. The van der Waals surface area contributed by atoms with Gasteiger partial charge in [-0.2, -0.15) is 13.2 Å². The molecule has 172 valence electrons. The van der Waals surface area contributed by atoms with Gasteiger partial charge in [0.05, 0.1) is 17.3 Å². The molecule has 3 heterocycles. The third kappa shape index (κ3) is 3.26. The zero-order valence-electron chi connectivity index (χ0n) is 17.9. The van der Waals surface area contributed by atoms with Crippen molar-refractivity contribution in [2.75, 3.05) is 0 Å². The molecular weight excluding hydrogens is 445 g/mol. The van der Waals surface area contributed by atoms with E-state index in [9.17, 15) is 18.0 Å². The van der Waals surface area contributed by atoms with E-state index in [1.165, 1.54) is 24.4 Å². The first kappa shape index (κ1) is 20.8. The molecule has 34 heavy (non-hydrogen) atoms. The van der Waals surface area contributed by atoms with Gasteiger partial charge in [0.15, 0.2) is 11.5 Å². The van der Waals surface area contributed by atoms with Gasteiger partial charge in [-0.05, 0) is 37.8 Å². The fourth-order valence-electron chi connectivity index (χ4n) is 5.15. The normalized spacial score (nSPS) is 22.2. The Kier molecular flexibility index (Phi) is 4.52. The highest BCUT2D eigenvalue weighted by Crippen LogP contribution is 2.49. The molecule has 0 saturated heterocycles. The van der Waals surface area contributed by atoms with E-state index in [2.05, 4.69) is 19.9 Å². The third-order valence-corrected chi connectivity index (χ3v) is 6.84. The highest BCUT2D eigenvalue weighted by atomic mass is 19.4. The molecule has 1 aliphatic heterocycles. The number of halogens is 3. The Bertz CT molecular complexity index is 1420. The number of H-pyrrole nitrogens is 1. The van der Waals surface area contributed by atoms with E-state index in [0.29, 0.717) is 29.6 Å². The number of fused-ring (bicyclic) bond motifs is 3. The van der Waals surface area contributed by atoms with Crippen LogP contribution in [-0.4, -0.2) is 25.9 Å². The van der Waals surface area contributed by atoms with Gasteiger partial charge in [-0.15, -0.1) is 0 Å². The van der Waals surface area contributed by atoms with Gasteiger partial charge in [-0.3, -0.25) is 0 Å². The number of hydrogen-bond acceptors (Lipinski definition) is 5. The van der Waals surface area contributed by atoms with Crippen molar-refractivity contribution < 1.29 is 22.7 Å². The monoisotopic (exact) mass is 464 g/mol. The minimum atomic E-state index is -4.51. The summed E-state index contributed by atoms with van der Waals surface area (Å²) in [6.07, 6.45) is -0.190. The maximum Gasteiger partial charge on any atom is 0.417 e. The number of imidazole rings is 1. The van der Waals surface area contributed by atoms with Crippen molar-refractivity contribution in [2.45, 2.75) is 43.4 Å². The second-order valence-electron chi connectivity index (χ2n) is 8.80. The number of aromatic nitrogens is 4. The second kappa shape index (κ2) is 7.38. The van der Waals surface area contributed by atoms with E-state index >= 15 is 0 Å². The van der Waals surface area contributed by atoms with Gasteiger partial charge in [0.25, 0.3) is 0 Å². The molecule has 0 bridgehead atoms. The molecule has 2 aromatic carbocycles. The van der Waals surface area contributed by atoms with Gasteiger partial charge in [0.1, 0.15) is 16.9 Å². The average Bonchev–Trinajstić information content (AvgIpc) is 3.38. The van der Waals surface area contributed by atoms with Crippen LogP contribution in [0.5, 0.6) is 0 Å². The molecule has 1 aliphatic carbocycles. The summed E-state index contributed by atoms with van der Waals surface area (Å²) in [4.78, 5) is 28.6. The van der Waals surface area contributed by atoms with Crippen LogP contribution in [0.2, 0.25) is 0 Å². The van der Waals surface area contributed by atoms with Gasteiger partial charge in [0, 0.05) is 17.0 Å². The van der Waals surface area contributed by atoms with E-state index in [4.69, 9.17) is 4.74 Å². The zero-order chi connectivity index (χ0) is 23.5. The molecule has 9 heteroatoms. The van der Waals surface area contributed by atoms with E-state index < -0.39 is 17.3 Å². The fraction of sp³-hybridized carbons (Fsp3) is 0.280. The van der Waals surface area contributed by atoms with Crippen molar-refractivity contribution in [2.24, 2.45) is 0 Å². The summed E-state index contributed by atoms with van der Waals surface area (Å²) < 4.78 is 46.1. The molecule has 0 radical (unpaired) electrons. The lowest BCUT2D eigenvalue weighted by molar-refractivity contribution is -0.137. The summed E-state index contributed by atoms with van der Waals surface area (Å²) >= 11 is 0. The van der Waals surface area contributed by atoms with Gasteiger partial charge < -0.3 is 9.72 Å². The number of ether oxygens (including phenoxy) is 1. The van der Waals surface area contributed by atoms with Crippen molar-refractivity contribution in [3.63, 3.8) is 0 Å². The summed E-state index contributed by atoms with van der Waals surface area (Å²) in [5.74, 6) is 0.519. The van der Waals surface area contributed by atoms with Crippen LogP contribution in [-0.2, 0) is 16.5 Å². The molecule has 2 aliphatic rings. The molecule has 1 spiro atoms. The van der Waals surface area contributed by atoms with Crippen molar-refractivity contribution in [1.29, 1.82) is 0 Å². The van der Waals surface area contributed by atoms with Crippen LogP contribution in [0.4, 0.5) is 13.2 Å². The summed E-state index contributed by atoms with van der Waals surface area (Å²) in [6, 6.07) is 12.8. The predicted octanol–water partition coefficient (Wildman–Crippen LogP) is 5.76.